The van der Waals surface area contributed by atoms with E-state index in [1.807, 2.05) is 24.6 Å². The molecule has 0 atom stereocenters. The quantitative estimate of drug-likeness (QED) is 0.259. The fraction of sp³-hybridized carbons (Fsp3) is 0.571. The molecule has 0 spiro atoms. The van der Waals surface area contributed by atoms with Crippen LogP contribution < -0.4 is 10.2 Å². The van der Waals surface area contributed by atoms with Crippen LogP contribution in [0.4, 0.5) is 5.69 Å². The second-order valence-electron chi connectivity index (χ2n) is 7.55. The molecule has 1 fully saturated rings. The highest BCUT2D eigenvalue weighted by Gasteiger charge is 2.21. The Morgan fingerprint density at radius 2 is 1.90 bits per heavy atom. The molecule has 30 heavy (non-hydrogen) atoms. The number of guanidine groups is 1. The molecule has 1 N–H and O–H groups in total. The number of halogens is 2. The first-order chi connectivity index (χ1) is 14.0. The van der Waals surface area contributed by atoms with Crippen molar-refractivity contribution in [3.05, 3.63) is 40.4 Å². The van der Waals surface area contributed by atoms with Crippen molar-refractivity contribution < 1.29 is 0 Å². The van der Waals surface area contributed by atoms with Gasteiger partial charge in [0, 0.05) is 50.5 Å². The van der Waals surface area contributed by atoms with E-state index >= 15 is 0 Å². The minimum Gasteiger partial charge on any atom is -0.368 e. The highest BCUT2D eigenvalue weighted by atomic mass is 127. The molecule has 0 aliphatic carbocycles. The predicted octanol–water partition coefficient (Wildman–Crippen LogP) is 3.77. The third kappa shape index (κ3) is 6.23. The fourth-order valence-corrected chi connectivity index (χ4v) is 3.63. The van der Waals surface area contributed by atoms with Gasteiger partial charge in [-0.1, -0.05) is 31.0 Å². The number of piperazine rings is 1. The average molecular weight is 546 g/mol. The summed E-state index contributed by atoms with van der Waals surface area (Å²) < 4.78 is 1.99. The lowest BCUT2D eigenvalue weighted by Gasteiger charge is -2.38. The lowest BCUT2D eigenvalue weighted by Crippen LogP contribution is -2.52. The van der Waals surface area contributed by atoms with Crippen LogP contribution in [0.25, 0.3) is 0 Å². The number of hydrogen-bond donors (Lipinski definition) is 1. The number of rotatable bonds is 6. The summed E-state index contributed by atoms with van der Waals surface area (Å²) in [6, 6.07) is 6.11. The summed E-state index contributed by atoms with van der Waals surface area (Å²) in [4.78, 5) is 9.61. The maximum atomic E-state index is 6.22. The Morgan fingerprint density at radius 3 is 2.53 bits per heavy atom. The second-order valence-corrected chi connectivity index (χ2v) is 7.98. The number of anilines is 1. The standard InChI is InChI=1S/C21H32ClN7.HI/c1-5-6-9-23-21(24-15-20-26-25-17(3)27(20)4)29-12-10-28(11-13-29)19-14-18(22)8-7-16(19)2;/h7-8,14H,5-6,9-13,15H2,1-4H3,(H,23,24);1H. The van der Waals surface area contributed by atoms with Crippen LogP contribution in [0.5, 0.6) is 0 Å². The van der Waals surface area contributed by atoms with E-state index in [4.69, 9.17) is 16.6 Å². The Labute approximate surface area is 201 Å². The van der Waals surface area contributed by atoms with Gasteiger partial charge in [-0.3, -0.25) is 0 Å². The second kappa shape index (κ2) is 11.7. The third-order valence-electron chi connectivity index (χ3n) is 5.46. The maximum absolute atomic E-state index is 6.22. The van der Waals surface area contributed by atoms with E-state index < -0.39 is 0 Å². The molecule has 1 aliphatic heterocycles. The number of benzene rings is 1. The number of aromatic nitrogens is 3. The molecular weight excluding hydrogens is 513 g/mol. The molecule has 1 aromatic carbocycles. The van der Waals surface area contributed by atoms with Crippen LogP contribution >= 0.6 is 35.6 Å². The molecule has 2 heterocycles. The molecule has 0 amide bonds. The molecular formula is C21H33ClIN7. The Bertz CT molecular complexity index is 844. The molecule has 3 rings (SSSR count). The normalized spacial score (nSPS) is 14.6. The van der Waals surface area contributed by atoms with Crippen molar-refractivity contribution in [3.8, 4) is 0 Å². The zero-order valence-electron chi connectivity index (χ0n) is 18.4. The van der Waals surface area contributed by atoms with Crippen molar-refractivity contribution in [3.63, 3.8) is 0 Å². The van der Waals surface area contributed by atoms with Gasteiger partial charge in [0.15, 0.2) is 11.8 Å². The number of unbranched alkanes of at least 4 members (excludes halogenated alkanes) is 1. The highest BCUT2D eigenvalue weighted by molar-refractivity contribution is 14.0. The molecule has 0 radical (unpaired) electrons. The fourth-order valence-electron chi connectivity index (χ4n) is 3.46. The number of nitrogens with one attached hydrogen (secondary N) is 1. The molecule has 0 saturated carbocycles. The minimum atomic E-state index is 0. The van der Waals surface area contributed by atoms with E-state index in [0.717, 1.165) is 68.2 Å². The smallest absolute Gasteiger partial charge is 0.194 e. The van der Waals surface area contributed by atoms with Crippen molar-refractivity contribution in [2.24, 2.45) is 12.0 Å². The summed E-state index contributed by atoms with van der Waals surface area (Å²) >= 11 is 6.22. The van der Waals surface area contributed by atoms with Crippen molar-refractivity contribution in [1.29, 1.82) is 0 Å². The van der Waals surface area contributed by atoms with Crippen molar-refractivity contribution in [2.75, 3.05) is 37.6 Å². The molecule has 0 unspecified atom stereocenters. The number of aryl methyl sites for hydroxylation is 2. The van der Waals surface area contributed by atoms with Crippen molar-refractivity contribution in [1.82, 2.24) is 25.0 Å². The summed E-state index contributed by atoms with van der Waals surface area (Å²) in [5.74, 6) is 2.74. The van der Waals surface area contributed by atoms with Gasteiger partial charge in [0.2, 0.25) is 0 Å². The molecule has 1 aliphatic rings. The van der Waals surface area contributed by atoms with Crippen LogP contribution in [0.1, 0.15) is 37.0 Å². The van der Waals surface area contributed by atoms with Crippen LogP contribution in [0.3, 0.4) is 0 Å². The highest BCUT2D eigenvalue weighted by Crippen LogP contribution is 2.25. The lowest BCUT2D eigenvalue weighted by molar-refractivity contribution is 0.371. The van der Waals surface area contributed by atoms with Crippen LogP contribution in [0, 0.1) is 13.8 Å². The summed E-state index contributed by atoms with van der Waals surface area (Å²) in [7, 11) is 1.98. The summed E-state index contributed by atoms with van der Waals surface area (Å²) in [6.07, 6.45) is 2.29. The molecule has 2 aromatic rings. The summed E-state index contributed by atoms with van der Waals surface area (Å²) in [6.45, 7) is 11.5. The Balaban J connectivity index is 0.00000320. The molecule has 9 heteroatoms. The van der Waals surface area contributed by atoms with E-state index in [-0.39, 0.29) is 24.0 Å². The first kappa shape index (κ1) is 24.7. The monoisotopic (exact) mass is 545 g/mol. The largest absolute Gasteiger partial charge is 0.368 e. The predicted molar refractivity (Wildman–Crippen MR) is 135 cm³/mol. The van der Waals surface area contributed by atoms with Gasteiger partial charge in [0.25, 0.3) is 0 Å². The summed E-state index contributed by atoms with van der Waals surface area (Å²) in [5.41, 5.74) is 2.49. The first-order valence-corrected chi connectivity index (χ1v) is 10.8. The van der Waals surface area contributed by atoms with E-state index in [9.17, 15) is 0 Å². The SMILES string of the molecule is CCCCNC(=NCc1nnc(C)n1C)N1CCN(c2cc(Cl)ccc2C)CC1.I. The van der Waals surface area contributed by atoms with Crippen molar-refractivity contribution in [2.45, 2.75) is 40.2 Å². The zero-order valence-corrected chi connectivity index (χ0v) is 21.4. The molecule has 166 valence electrons. The van der Waals surface area contributed by atoms with Crippen LogP contribution in [0.15, 0.2) is 23.2 Å². The zero-order chi connectivity index (χ0) is 20.8. The van der Waals surface area contributed by atoms with E-state index in [1.165, 1.54) is 11.3 Å². The van der Waals surface area contributed by atoms with Gasteiger partial charge in [-0.2, -0.15) is 0 Å². The van der Waals surface area contributed by atoms with E-state index in [2.05, 4.69) is 51.3 Å². The van der Waals surface area contributed by atoms with Gasteiger partial charge in [0.1, 0.15) is 12.4 Å². The van der Waals surface area contributed by atoms with Gasteiger partial charge in [0.05, 0.1) is 0 Å². The Kier molecular flexibility index (Phi) is 9.67. The topological polar surface area (TPSA) is 61.6 Å². The minimum absolute atomic E-state index is 0. The lowest BCUT2D eigenvalue weighted by atomic mass is 10.1. The third-order valence-corrected chi connectivity index (χ3v) is 5.69. The number of nitrogens with zero attached hydrogens (tertiary/aromatic N) is 6. The van der Waals surface area contributed by atoms with Gasteiger partial charge < -0.3 is 19.7 Å². The Morgan fingerprint density at radius 1 is 1.17 bits per heavy atom. The molecule has 1 saturated heterocycles. The maximum Gasteiger partial charge on any atom is 0.194 e. The van der Waals surface area contributed by atoms with Crippen molar-refractivity contribution >= 4 is 47.2 Å². The summed E-state index contributed by atoms with van der Waals surface area (Å²) in [5, 5.41) is 12.7. The Hall–Kier alpha value is -1.55. The average Bonchev–Trinajstić information content (AvgIpc) is 3.05. The van der Waals surface area contributed by atoms with Gasteiger partial charge in [-0.25, -0.2) is 4.99 Å². The van der Waals surface area contributed by atoms with E-state index in [0.29, 0.717) is 6.54 Å². The van der Waals surface area contributed by atoms with Gasteiger partial charge in [-0.05, 0) is 38.0 Å². The number of hydrogen-bond acceptors (Lipinski definition) is 4. The van der Waals surface area contributed by atoms with Gasteiger partial charge in [-0.15, -0.1) is 34.2 Å². The van der Waals surface area contributed by atoms with E-state index in [1.54, 1.807) is 0 Å². The van der Waals surface area contributed by atoms with Crippen LogP contribution in [0.2, 0.25) is 5.02 Å². The number of aliphatic imine (C=N–C) groups is 1. The van der Waals surface area contributed by atoms with Crippen LogP contribution in [-0.4, -0.2) is 58.3 Å². The van der Waals surface area contributed by atoms with Gasteiger partial charge >= 0.3 is 0 Å². The molecule has 7 nitrogen and oxygen atoms in total. The first-order valence-electron chi connectivity index (χ1n) is 10.4. The molecule has 1 aromatic heterocycles. The molecule has 0 bridgehead atoms. The van der Waals surface area contributed by atoms with Crippen LogP contribution in [-0.2, 0) is 13.6 Å².